The Bertz CT molecular complexity index is 1320. The van der Waals surface area contributed by atoms with Gasteiger partial charge in [-0.2, -0.15) is 0 Å². The van der Waals surface area contributed by atoms with Crippen molar-refractivity contribution < 1.29 is 18.7 Å². The number of nitrogens with one attached hydrogen (secondary N) is 1. The van der Waals surface area contributed by atoms with E-state index in [2.05, 4.69) is 5.32 Å². The maximum absolute atomic E-state index is 12.8. The van der Waals surface area contributed by atoms with Crippen molar-refractivity contribution in [3.05, 3.63) is 83.6 Å². The molecule has 0 unspecified atom stereocenters. The summed E-state index contributed by atoms with van der Waals surface area (Å²) in [6.07, 6.45) is 3.28. The van der Waals surface area contributed by atoms with E-state index in [0.717, 1.165) is 33.2 Å². The molecule has 0 atom stereocenters. The number of anilines is 1. The van der Waals surface area contributed by atoms with Crippen LogP contribution in [0.25, 0.3) is 27.7 Å². The lowest BCUT2D eigenvalue weighted by molar-refractivity contribution is -0.111. The van der Waals surface area contributed by atoms with Crippen molar-refractivity contribution in [1.82, 2.24) is 0 Å². The fourth-order valence-electron chi connectivity index (χ4n) is 3.70. The highest BCUT2D eigenvalue weighted by Gasteiger charge is 2.16. The van der Waals surface area contributed by atoms with Gasteiger partial charge in [0.2, 0.25) is 5.91 Å². The molecule has 1 aromatic heterocycles. The first-order valence-corrected chi connectivity index (χ1v) is 10.9. The number of carbonyl (C=O) groups excluding carboxylic acids is 1. The summed E-state index contributed by atoms with van der Waals surface area (Å²) in [6.45, 7) is 4.29. The second-order valence-electron chi connectivity index (χ2n) is 7.45. The third-order valence-corrected chi connectivity index (χ3v) is 5.49. The van der Waals surface area contributed by atoms with Crippen molar-refractivity contribution in [2.75, 3.05) is 19.0 Å². The van der Waals surface area contributed by atoms with E-state index in [-0.39, 0.29) is 5.91 Å². The first-order valence-electron chi connectivity index (χ1n) is 10.6. The van der Waals surface area contributed by atoms with Crippen molar-refractivity contribution in [1.29, 1.82) is 0 Å². The zero-order valence-electron chi connectivity index (χ0n) is 18.6. The topological polar surface area (TPSA) is 60.7 Å². The Balaban J connectivity index is 1.72. The molecule has 1 amide bonds. The molecule has 4 aromatic rings. The number of carbonyl (C=O) groups is 1. The van der Waals surface area contributed by atoms with Crippen LogP contribution in [-0.4, -0.2) is 19.6 Å². The minimum absolute atomic E-state index is 0.300. The van der Waals surface area contributed by atoms with Crippen molar-refractivity contribution >= 4 is 39.7 Å². The Morgan fingerprint density at radius 2 is 1.88 bits per heavy atom. The standard InChI is InChI=1S/C27H24ClNO4/c1-4-32-25-15-26-21(22(16-33-26)18-8-6-5-7-9-18)14-20(25)17(2)12-27(30)29-23-13-19(28)10-11-24(23)31-3/h5-16H,4H2,1-3H3,(H,29,30)/b17-12+. The lowest BCUT2D eigenvalue weighted by Crippen LogP contribution is -2.10. The normalized spacial score (nSPS) is 11.5. The average molecular weight is 462 g/mol. The van der Waals surface area contributed by atoms with Crippen LogP contribution in [0.1, 0.15) is 19.4 Å². The van der Waals surface area contributed by atoms with Crippen LogP contribution in [0.3, 0.4) is 0 Å². The van der Waals surface area contributed by atoms with E-state index in [4.69, 9.17) is 25.5 Å². The summed E-state index contributed by atoms with van der Waals surface area (Å²) < 4.78 is 17.0. The second-order valence-corrected chi connectivity index (χ2v) is 7.89. The van der Waals surface area contributed by atoms with E-state index in [9.17, 15) is 4.79 Å². The second kappa shape index (κ2) is 9.84. The summed E-state index contributed by atoms with van der Waals surface area (Å²) >= 11 is 6.08. The van der Waals surface area contributed by atoms with Crippen molar-refractivity contribution in [2.45, 2.75) is 13.8 Å². The molecular weight excluding hydrogens is 438 g/mol. The largest absolute Gasteiger partial charge is 0.495 e. The Morgan fingerprint density at radius 3 is 2.61 bits per heavy atom. The molecule has 5 nitrogen and oxygen atoms in total. The van der Waals surface area contributed by atoms with Crippen molar-refractivity contribution in [3.8, 4) is 22.6 Å². The number of benzene rings is 3. The summed E-state index contributed by atoms with van der Waals surface area (Å²) in [4.78, 5) is 12.8. The molecule has 0 radical (unpaired) electrons. The highest BCUT2D eigenvalue weighted by molar-refractivity contribution is 6.31. The monoisotopic (exact) mass is 461 g/mol. The lowest BCUT2D eigenvalue weighted by Gasteiger charge is -2.12. The Labute approximate surface area is 197 Å². The molecule has 0 aliphatic heterocycles. The van der Waals surface area contributed by atoms with Gasteiger partial charge in [0.15, 0.2) is 0 Å². The SMILES string of the molecule is CCOc1cc2occ(-c3ccccc3)c2cc1/C(C)=C/C(=O)Nc1cc(Cl)ccc1OC. The molecule has 0 bridgehead atoms. The van der Waals surface area contributed by atoms with Crippen LogP contribution in [0.2, 0.25) is 5.02 Å². The van der Waals surface area contributed by atoms with E-state index in [0.29, 0.717) is 28.8 Å². The number of furan rings is 1. The van der Waals surface area contributed by atoms with Gasteiger partial charge < -0.3 is 19.2 Å². The smallest absolute Gasteiger partial charge is 0.248 e. The molecule has 3 aromatic carbocycles. The van der Waals surface area contributed by atoms with Gasteiger partial charge in [0.25, 0.3) is 0 Å². The Hall–Kier alpha value is -3.70. The molecule has 0 saturated carbocycles. The van der Waals surface area contributed by atoms with Crippen LogP contribution < -0.4 is 14.8 Å². The van der Waals surface area contributed by atoms with E-state index in [1.54, 1.807) is 31.6 Å². The van der Waals surface area contributed by atoms with E-state index >= 15 is 0 Å². The lowest BCUT2D eigenvalue weighted by atomic mass is 9.99. The summed E-state index contributed by atoms with van der Waals surface area (Å²) in [7, 11) is 1.54. The zero-order valence-corrected chi connectivity index (χ0v) is 19.4. The predicted octanol–water partition coefficient (Wildman–Crippen LogP) is 7.20. The van der Waals surface area contributed by atoms with Crippen molar-refractivity contribution in [3.63, 3.8) is 0 Å². The molecule has 0 aliphatic rings. The van der Waals surface area contributed by atoms with E-state index in [1.165, 1.54) is 6.08 Å². The van der Waals surface area contributed by atoms with Gasteiger partial charge in [0, 0.05) is 33.7 Å². The minimum atomic E-state index is -0.300. The zero-order chi connectivity index (χ0) is 23.4. The highest BCUT2D eigenvalue weighted by Crippen LogP contribution is 2.37. The van der Waals surface area contributed by atoms with Crippen LogP contribution in [0.15, 0.2) is 77.4 Å². The molecule has 0 aliphatic carbocycles. The maximum atomic E-state index is 12.8. The van der Waals surface area contributed by atoms with Gasteiger partial charge >= 0.3 is 0 Å². The summed E-state index contributed by atoms with van der Waals surface area (Å²) in [5, 5.41) is 4.29. The molecule has 168 valence electrons. The van der Waals surface area contributed by atoms with Gasteiger partial charge in [-0.25, -0.2) is 0 Å². The fourth-order valence-corrected chi connectivity index (χ4v) is 3.87. The first-order chi connectivity index (χ1) is 16.0. The van der Waals surface area contributed by atoms with Gasteiger partial charge in [-0.15, -0.1) is 0 Å². The Morgan fingerprint density at radius 1 is 1.09 bits per heavy atom. The summed E-state index contributed by atoms with van der Waals surface area (Å²) in [6, 6.07) is 19.0. The van der Waals surface area contributed by atoms with Gasteiger partial charge in [0.1, 0.15) is 17.1 Å². The van der Waals surface area contributed by atoms with Gasteiger partial charge in [-0.3, -0.25) is 4.79 Å². The molecule has 33 heavy (non-hydrogen) atoms. The van der Waals surface area contributed by atoms with Crippen LogP contribution in [0.5, 0.6) is 11.5 Å². The van der Waals surface area contributed by atoms with Crippen LogP contribution >= 0.6 is 11.6 Å². The first kappa shape index (κ1) is 22.5. The minimum Gasteiger partial charge on any atom is -0.495 e. The maximum Gasteiger partial charge on any atom is 0.248 e. The summed E-state index contributed by atoms with van der Waals surface area (Å²) in [5.74, 6) is 0.882. The van der Waals surface area contributed by atoms with Crippen molar-refractivity contribution in [2.24, 2.45) is 0 Å². The number of amides is 1. The molecular formula is C27H24ClNO4. The number of fused-ring (bicyclic) bond motifs is 1. The number of methoxy groups -OCH3 is 1. The average Bonchev–Trinajstić information content (AvgIpc) is 3.22. The molecule has 0 spiro atoms. The van der Waals surface area contributed by atoms with Crippen LogP contribution in [-0.2, 0) is 4.79 Å². The van der Waals surface area contributed by atoms with Crippen LogP contribution in [0, 0.1) is 0 Å². The van der Waals surface area contributed by atoms with E-state index < -0.39 is 0 Å². The number of rotatable bonds is 7. The third kappa shape index (κ3) is 4.89. The van der Waals surface area contributed by atoms with E-state index in [1.807, 2.05) is 56.3 Å². The quantitative estimate of drug-likeness (QED) is 0.295. The highest BCUT2D eigenvalue weighted by atomic mass is 35.5. The summed E-state index contributed by atoms with van der Waals surface area (Å²) in [5.41, 5.74) is 4.83. The predicted molar refractivity (Wildman–Crippen MR) is 133 cm³/mol. The molecule has 0 fully saturated rings. The number of hydrogen-bond donors (Lipinski definition) is 1. The number of hydrogen-bond acceptors (Lipinski definition) is 4. The number of halogens is 1. The number of allylic oxidation sites excluding steroid dienone is 1. The third-order valence-electron chi connectivity index (χ3n) is 5.25. The molecule has 6 heteroatoms. The Kier molecular flexibility index (Phi) is 6.71. The fraction of sp³-hybridized carbons (Fsp3) is 0.148. The number of ether oxygens (including phenoxy) is 2. The molecule has 4 rings (SSSR count). The van der Waals surface area contributed by atoms with Crippen LogP contribution in [0.4, 0.5) is 5.69 Å². The van der Waals surface area contributed by atoms with Gasteiger partial charge in [-0.1, -0.05) is 41.9 Å². The molecule has 0 saturated heterocycles. The molecule has 1 heterocycles. The molecule has 1 N–H and O–H groups in total. The van der Waals surface area contributed by atoms with Gasteiger partial charge in [0.05, 0.1) is 25.7 Å². The van der Waals surface area contributed by atoms with Gasteiger partial charge in [-0.05, 0) is 49.2 Å².